The Bertz CT molecular complexity index is 842. The fourth-order valence-electron chi connectivity index (χ4n) is 7.50. The number of hydrogen-bond donors (Lipinski definition) is 3. The highest BCUT2D eigenvalue weighted by molar-refractivity contribution is 6.21. The number of carboxylic acid groups (broad SMARTS) is 1. The summed E-state index contributed by atoms with van der Waals surface area (Å²) in [4.78, 5) is 11.8. The van der Waals surface area contributed by atoms with E-state index in [0.717, 1.165) is 38.5 Å². The van der Waals surface area contributed by atoms with Crippen molar-refractivity contribution in [3.05, 3.63) is 36.5 Å². The van der Waals surface area contributed by atoms with Gasteiger partial charge in [-0.25, -0.2) is 0 Å². The number of carboxylic acids is 1. The van der Waals surface area contributed by atoms with Crippen LogP contribution in [0.5, 0.6) is 0 Å². The number of rotatable bonds is 27. The number of aliphatic hydroxyl groups excluding tert-OH is 2. The summed E-state index contributed by atoms with van der Waals surface area (Å²) in [6, 6.07) is 0. The molecule has 0 aromatic carbocycles. The molecule has 1 unspecified atom stereocenters. The third-order valence-corrected chi connectivity index (χ3v) is 11.5. The van der Waals surface area contributed by atoms with Gasteiger partial charge in [0.15, 0.2) is 0 Å². The maximum atomic E-state index is 11.8. The van der Waals surface area contributed by atoms with Gasteiger partial charge in [0.05, 0.1) is 18.1 Å². The number of hydrogen-bond acceptors (Lipinski definition) is 3. The number of allylic oxidation sites excluding steroid dienone is 3. The molecular formula is C40H69ClO4. The van der Waals surface area contributed by atoms with E-state index in [1.54, 1.807) is 0 Å². The predicted octanol–water partition coefficient (Wildman–Crippen LogP) is 11.3. The predicted molar refractivity (Wildman–Crippen MR) is 192 cm³/mol. The summed E-state index contributed by atoms with van der Waals surface area (Å²) in [6.07, 6.45) is 39.1. The Balaban J connectivity index is 1.57. The molecule has 0 spiro atoms. The lowest BCUT2D eigenvalue weighted by Gasteiger charge is -2.45. The monoisotopic (exact) mass is 648 g/mol. The lowest BCUT2D eigenvalue weighted by Crippen LogP contribution is -2.40. The van der Waals surface area contributed by atoms with Crippen LogP contribution < -0.4 is 0 Å². The molecule has 0 amide bonds. The molecule has 2 rings (SSSR count). The number of unbranched alkanes of at least 4 members (excludes halogenated alkanes) is 14. The zero-order chi connectivity index (χ0) is 32.8. The van der Waals surface area contributed by atoms with Crippen LogP contribution in [-0.2, 0) is 4.79 Å². The first-order valence-electron chi connectivity index (χ1n) is 19.1. The molecule has 6 atom stereocenters. The Morgan fingerprint density at radius 3 is 1.98 bits per heavy atom. The number of alkyl halides is 1. The number of halogens is 1. The van der Waals surface area contributed by atoms with Gasteiger partial charge in [-0.1, -0.05) is 140 Å². The van der Waals surface area contributed by atoms with Crippen molar-refractivity contribution in [1.82, 2.24) is 0 Å². The Kier molecular flexibility index (Phi) is 21.5. The summed E-state index contributed by atoms with van der Waals surface area (Å²) >= 11 is 6.63. The topological polar surface area (TPSA) is 77.8 Å². The maximum absolute atomic E-state index is 11.8. The molecule has 0 aromatic rings. The second-order valence-corrected chi connectivity index (χ2v) is 14.9. The zero-order valence-electron chi connectivity index (χ0n) is 29.0. The standard InChI is InChI=1S/C40H69ClO4/c1-3-5-6-7-8-9-10-11-12-13-14-15-16-17-18-20-25-33(39(44)45)26-21-19-22-27-34-35(37(42)32-36(34)41)28-23-29-38(43)40(4-2)30-24-31-40/h19-20,22-23,25,28,33-38,42-43H,3-18,21,24,26-27,29-32H2,1-2H3,(H,44,45)/b22-19-,25-20?,28-23+/t33?,34-,35+,36+,37-,38+/m1/s1. The molecule has 0 bridgehead atoms. The Morgan fingerprint density at radius 1 is 0.844 bits per heavy atom. The highest BCUT2D eigenvalue weighted by atomic mass is 35.5. The summed E-state index contributed by atoms with van der Waals surface area (Å²) in [5.41, 5.74) is 0.0880. The second kappa shape index (κ2) is 24.1. The van der Waals surface area contributed by atoms with Gasteiger partial charge >= 0.3 is 5.97 Å². The summed E-state index contributed by atoms with van der Waals surface area (Å²) in [7, 11) is 0. The quantitative estimate of drug-likeness (QED) is 0.0470. The SMILES string of the molecule is CCCCCCCCCCCCCCCCC=CC(CC/C=C\C[C@@H]1[C@H](/C=C/C[C@H](O)C2(CC)CCC2)[C@H](O)C[C@@H]1Cl)C(=O)O. The number of aliphatic hydroxyl groups is 2. The molecule has 45 heavy (non-hydrogen) atoms. The molecule has 5 heteroatoms. The molecule has 2 saturated carbocycles. The Morgan fingerprint density at radius 2 is 1.44 bits per heavy atom. The van der Waals surface area contributed by atoms with Crippen LogP contribution in [0.4, 0.5) is 0 Å². The highest BCUT2D eigenvalue weighted by Crippen LogP contribution is 2.48. The average Bonchev–Trinajstić information content (AvgIpc) is 3.26. The molecule has 3 N–H and O–H groups in total. The van der Waals surface area contributed by atoms with Crippen LogP contribution in [0.3, 0.4) is 0 Å². The molecule has 260 valence electrons. The van der Waals surface area contributed by atoms with Crippen LogP contribution in [0.1, 0.15) is 168 Å². The molecule has 0 radical (unpaired) electrons. The molecule has 2 fully saturated rings. The fourth-order valence-corrected chi connectivity index (χ4v) is 7.95. The largest absolute Gasteiger partial charge is 0.481 e. The minimum Gasteiger partial charge on any atom is -0.481 e. The highest BCUT2D eigenvalue weighted by Gasteiger charge is 2.42. The molecule has 0 saturated heterocycles. The van der Waals surface area contributed by atoms with Gasteiger partial charge < -0.3 is 15.3 Å². The van der Waals surface area contributed by atoms with Crippen molar-refractivity contribution in [2.75, 3.05) is 0 Å². The molecule has 2 aliphatic rings. The van der Waals surface area contributed by atoms with E-state index < -0.39 is 18.0 Å². The van der Waals surface area contributed by atoms with E-state index in [-0.39, 0.29) is 28.7 Å². The van der Waals surface area contributed by atoms with Crippen LogP contribution in [0.2, 0.25) is 0 Å². The van der Waals surface area contributed by atoms with Crippen molar-refractivity contribution in [3.8, 4) is 0 Å². The van der Waals surface area contributed by atoms with Crippen molar-refractivity contribution in [2.45, 2.75) is 186 Å². The van der Waals surface area contributed by atoms with Gasteiger partial charge in [0.1, 0.15) is 0 Å². The first-order chi connectivity index (χ1) is 21.8. The van der Waals surface area contributed by atoms with Crippen LogP contribution in [-0.4, -0.2) is 38.9 Å². The van der Waals surface area contributed by atoms with Crippen LogP contribution in [0.15, 0.2) is 36.5 Å². The van der Waals surface area contributed by atoms with Crippen LogP contribution in [0.25, 0.3) is 0 Å². The molecule has 2 aliphatic carbocycles. The lowest BCUT2D eigenvalue weighted by atomic mass is 9.63. The van der Waals surface area contributed by atoms with Gasteiger partial charge in [0, 0.05) is 11.3 Å². The first kappa shape index (κ1) is 40.1. The minimum atomic E-state index is -0.750. The van der Waals surface area contributed by atoms with E-state index in [1.165, 1.54) is 89.9 Å². The van der Waals surface area contributed by atoms with E-state index in [4.69, 9.17) is 11.6 Å². The Labute approximate surface area is 282 Å². The molecule has 0 aromatic heterocycles. The van der Waals surface area contributed by atoms with Crippen molar-refractivity contribution in [2.24, 2.45) is 23.2 Å². The van der Waals surface area contributed by atoms with Gasteiger partial charge in [0.25, 0.3) is 0 Å². The minimum absolute atomic E-state index is 0.00655. The lowest BCUT2D eigenvalue weighted by molar-refractivity contribution is -0.140. The summed E-state index contributed by atoms with van der Waals surface area (Å²) in [5.74, 6) is -1.05. The van der Waals surface area contributed by atoms with Gasteiger partial charge in [-0.2, -0.15) is 0 Å². The normalized spacial score (nSPS) is 24.6. The van der Waals surface area contributed by atoms with E-state index in [9.17, 15) is 20.1 Å². The third kappa shape index (κ3) is 15.6. The molecule has 0 heterocycles. The van der Waals surface area contributed by atoms with Gasteiger partial charge in [-0.3, -0.25) is 4.79 Å². The van der Waals surface area contributed by atoms with Gasteiger partial charge in [0.2, 0.25) is 0 Å². The van der Waals surface area contributed by atoms with E-state index in [1.807, 2.05) is 6.08 Å². The second-order valence-electron chi connectivity index (χ2n) is 14.4. The van der Waals surface area contributed by atoms with Gasteiger partial charge in [-0.15, -0.1) is 11.6 Å². The molecule has 0 aliphatic heterocycles. The van der Waals surface area contributed by atoms with Crippen LogP contribution in [0, 0.1) is 23.2 Å². The number of aliphatic carboxylic acids is 1. The van der Waals surface area contributed by atoms with Crippen molar-refractivity contribution >= 4 is 17.6 Å². The van der Waals surface area contributed by atoms with Crippen molar-refractivity contribution in [3.63, 3.8) is 0 Å². The summed E-state index contributed by atoms with van der Waals surface area (Å²) in [6.45, 7) is 4.44. The van der Waals surface area contributed by atoms with Crippen molar-refractivity contribution in [1.29, 1.82) is 0 Å². The van der Waals surface area contributed by atoms with E-state index >= 15 is 0 Å². The molecular weight excluding hydrogens is 580 g/mol. The van der Waals surface area contributed by atoms with E-state index in [0.29, 0.717) is 25.7 Å². The smallest absolute Gasteiger partial charge is 0.310 e. The Hall–Kier alpha value is -1.10. The summed E-state index contributed by atoms with van der Waals surface area (Å²) < 4.78 is 0. The van der Waals surface area contributed by atoms with Crippen LogP contribution >= 0.6 is 11.6 Å². The third-order valence-electron chi connectivity index (χ3n) is 11.0. The maximum Gasteiger partial charge on any atom is 0.310 e. The first-order valence-corrected chi connectivity index (χ1v) is 19.5. The average molecular weight is 649 g/mol. The zero-order valence-corrected chi connectivity index (χ0v) is 29.8. The van der Waals surface area contributed by atoms with Crippen molar-refractivity contribution < 1.29 is 20.1 Å². The molecule has 4 nitrogen and oxygen atoms in total. The summed E-state index contributed by atoms with van der Waals surface area (Å²) in [5, 5.41) is 31.0. The fraction of sp³-hybridized carbons (Fsp3) is 0.825. The van der Waals surface area contributed by atoms with Gasteiger partial charge in [-0.05, 0) is 75.5 Å². The number of carbonyl (C=O) groups is 1. The van der Waals surface area contributed by atoms with E-state index in [2.05, 4.69) is 44.2 Å².